The molecular formula is C6H11N2NaS2. The second-order valence-electron chi connectivity index (χ2n) is 2.45. The van der Waals surface area contributed by atoms with Gasteiger partial charge in [0.05, 0.1) is 0 Å². The minimum absolute atomic E-state index is 0. The van der Waals surface area contributed by atoms with E-state index in [0.717, 1.165) is 13.1 Å². The van der Waals surface area contributed by atoms with Gasteiger partial charge >= 0.3 is 29.6 Å². The molecule has 1 heterocycles. The SMILES string of the molecule is S=C([S-])NN1CCCCC1.[Na+]. The van der Waals surface area contributed by atoms with Crippen molar-refractivity contribution in [3.63, 3.8) is 0 Å². The number of hydrazine groups is 1. The first kappa shape index (κ1) is 12.1. The molecule has 1 saturated heterocycles. The largest absolute Gasteiger partial charge is 1.00 e. The van der Waals surface area contributed by atoms with E-state index in [-0.39, 0.29) is 29.6 Å². The molecule has 1 aliphatic heterocycles. The van der Waals surface area contributed by atoms with E-state index in [2.05, 4.69) is 10.4 Å². The van der Waals surface area contributed by atoms with Crippen molar-refractivity contribution in [2.45, 2.75) is 19.3 Å². The summed E-state index contributed by atoms with van der Waals surface area (Å²) < 4.78 is 0.460. The average molecular weight is 198 g/mol. The second-order valence-corrected chi connectivity index (χ2v) is 3.52. The van der Waals surface area contributed by atoms with Gasteiger partial charge in [0.15, 0.2) is 0 Å². The fraction of sp³-hybridized carbons (Fsp3) is 0.833. The van der Waals surface area contributed by atoms with Gasteiger partial charge in [-0.15, -0.1) is 0 Å². The Labute approximate surface area is 101 Å². The van der Waals surface area contributed by atoms with Crippen LogP contribution in [0.25, 0.3) is 0 Å². The molecular weight excluding hydrogens is 187 g/mol. The molecule has 5 heteroatoms. The van der Waals surface area contributed by atoms with Gasteiger partial charge in [-0.3, -0.25) is 0 Å². The van der Waals surface area contributed by atoms with Crippen LogP contribution in [-0.2, 0) is 12.6 Å². The van der Waals surface area contributed by atoms with Gasteiger partial charge in [-0.2, -0.15) is 0 Å². The molecule has 0 bridgehead atoms. The van der Waals surface area contributed by atoms with Crippen LogP contribution < -0.4 is 35.0 Å². The first-order valence-electron chi connectivity index (χ1n) is 3.51. The summed E-state index contributed by atoms with van der Waals surface area (Å²) in [5, 5.41) is 2.10. The van der Waals surface area contributed by atoms with E-state index >= 15 is 0 Å². The van der Waals surface area contributed by atoms with Crippen molar-refractivity contribution >= 4 is 29.2 Å². The van der Waals surface area contributed by atoms with Crippen molar-refractivity contribution in [3.05, 3.63) is 0 Å². The number of hydrogen-bond donors (Lipinski definition) is 1. The summed E-state index contributed by atoms with van der Waals surface area (Å²) in [6, 6.07) is 0. The van der Waals surface area contributed by atoms with Gasteiger partial charge in [-0.05, 0) is 17.2 Å². The Morgan fingerprint density at radius 1 is 1.27 bits per heavy atom. The third kappa shape index (κ3) is 5.33. The Morgan fingerprint density at radius 2 is 1.82 bits per heavy atom. The summed E-state index contributed by atoms with van der Waals surface area (Å²) in [5.74, 6) is 0. The fourth-order valence-corrected chi connectivity index (χ4v) is 1.39. The van der Waals surface area contributed by atoms with Crippen molar-refractivity contribution in [2.75, 3.05) is 13.1 Å². The normalized spacial score (nSPS) is 18.5. The van der Waals surface area contributed by atoms with Crippen molar-refractivity contribution in [1.29, 1.82) is 0 Å². The smallest absolute Gasteiger partial charge is 0.410 e. The molecule has 0 unspecified atom stereocenters. The molecule has 0 atom stereocenters. The van der Waals surface area contributed by atoms with Crippen molar-refractivity contribution in [2.24, 2.45) is 0 Å². The minimum atomic E-state index is 0. The van der Waals surface area contributed by atoms with E-state index in [4.69, 9.17) is 24.8 Å². The van der Waals surface area contributed by atoms with Gasteiger partial charge in [0, 0.05) is 13.1 Å². The van der Waals surface area contributed by atoms with Crippen LogP contribution in [0.1, 0.15) is 19.3 Å². The summed E-state index contributed by atoms with van der Waals surface area (Å²) >= 11 is 9.48. The predicted molar refractivity (Wildman–Crippen MR) is 48.5 cm³/mol. The molecule has 0 amide bonds. The molecule has 0 aliphatic carbocycles. The van der Waals surface area contributed by atoms with Crippen LogP contribution >= 0.6 is 12.2 Å². The van der Waals surface area contributed by atoms with E-state index in [1.165, 1.54) is 19.3 Å². The maximum Gasteiger partial charge on any atom is 1.00 e. The van der Waals surface area contributed by atoms with Crippen LogP contribution in [0, 0.1) is 0 Å². The van der Waals surface area contributed by atoms with Crippen molar-refractivity contribution < 1.29 is 29.6 Å². The summed E-state index contributed by atoms with van der Waals surface area (Å²) in [7, 11) is 0. The van der Waals surface area contributed by atoms with Crippen molar-refractivity contribution in [1.82, 2.24) is 10.4 Å². The molecule has 1 fully saturated rings. The quantitative estimate of drug-likeness (QED) is 0.292. The molecule has 0 radical (unpaired) electrons. The number of piperidine rings is 1. The van der Waals surface area contributed by atoms with Gasteiger partial charge in [0.2, 0.25) is 0 Å². The zero-order valence-electron chi connectivity index (χ0n) is 6.80. The third-order valence-electron chi connectivity index (χ3n) is 1.61. The maximum atomic E-state index is 4.74. The molecule has 0 saturated carbocycles. The Kier molecular flexibility index (Phi) is 7.21. The maximum absolute atomic E-state index is 4.74. The molecule has 1 aliphatic rings. The van der Waals surface area contributed by atoms with Crippen molar-refractivity contribution in [3.8, 4) is 0 Å². The van der Waals surface area contributed by atoms with E-state index in [1.54, 1.807) is 0 Å². The zero-order valence-corrected chi connectivity index (χ0v) is 10.4. The average Bonchev–Trinajstić information content (AvgIpc) is 1.88. The third-order valence-corrected chi connectivity index (χ3v) is 1.79. The molecule has 58 valence electrons. The minimum Gasteiger partial charge on any atom is -0.410 e. The van der Waals surface area contributed by atoms with E-state index in [0.29, 0.717) is 4.32 Å². The van der Waals surface area contributed by atoms with Crippen LogP contribution in [-0.4, -0.2) is 22.4 Å². The molecule has 2 nitrogen and oxygen atoms in total. The van der Waals surface area contributed by atoms with Gasteiger partial charge in [-0.1, -0.05) is 6.42 Å². The van der Waals surface area contributed by atoms with Gasteiger partial charge in [0.1, 0.15) is 0 Å². The molecule has 1 N–H and O–H groups in total. The second kappa shape index (κ2) is 6.57. The van der Waals surface area contributed by atoms with E-state index in [1.807, 2.05) is 0 Å². The topological polar surface area (TPSA) is 15.3 Å². The Balaban J connectivity index is 0.000001000. The number of hydrogen-bond acceptors (Lipinski definition) is 3. The Hall–Kier alpha value is 1.07. The van der Waals surface area contributed by atoms with Crippen LogP contribution in [0.5, 0.6) is 0 Å². The standard InChI is InChI=1S/C6H12N2S2.Na/c9-6(10)7-8-4-2-1-3-5-8;/h1-5H2,(H2,7,9,10);/q;+1/p-1. The monoisotopic (exact) mass is 198 g/mol. The number of thiocarbonyl (C=S) groups is 1. The van der Waals surface area contributed by atoms with E-state index < -0.39 is 0 Å². The zero-order chi connectivity index (χ0) is 7.40. The number of nitrogens with zero attached hydrogens (tertiary/aromatic N) is 1. The number of nitrogens with one attached hydrogen (secondary N) is 1. The van der Waals surface area contributed by atoms with Gasteiger partial charge in [-0.25, -0.2) is 5.01 Å². The molecule has 11 heavy (non-hydrogen) atoms. The van der Waals surface area contributed by atoms with Crippen LogP contribution in [0.4, 0.5) is 0 Å². The molecule has 0 spiro atoms. The molecule has 0 aromatic carbocycles. The Bertz CT molecular complexity index is 126. The van der Waals surface area contributed by atoms with Crippen LogP contribution in [0.3, 0.4) is 0 Å². The van der Waals surface area contributed by atoms with Gasteiger partial charge < -0.3 is 30.3 Å². The Morgan fingerprint density at radius 3 is 2.27 bits per heavy atom. The summed E-state index contributed by atoms with van der Waals surface area (Å²) in [5.41, 5.74) is 2.96. The summed E-state index contributed by atoms with van der Waals surface area (Å²) in [6.07, 6.45) is 3.85. The summed E-state index contributed by atoms with van der Waals surface area (Å²) in [6.45, 7) is 2.16. The molecule has 1 rings (SSSR count). The van der Waals surface area contributed by atoms with Gasteiger partial charge in [0.25, 0.3) is 0 Å². The van der Waals surface area contributed by atoms with Crippen LogP contribution in [0.2, 0.25) is 0 Å². The first-order valence-corrected chi connectivity index (χ1v) is 4.33. The number of rotatable bonds is 1. The van der Waals surface area contributed by atoms with Crippen LogP contribution in [0.15, 0.2) is 0 Å². The fourth-order valence-electron chi connectivity index (χ4n) is 1.13. The first-order chi connectivity index (χ1) is 4.79. The summed E-state index contributed by atoms with van der Waals surface area (Å²) in [4.78, 5) is 0. The van der Waals surface area contributed by atoms with E-state index in [9.17, 15) is 0 Å². The molecule has 0 aromatic heterocycles. The predicted octanol–water partition coefficient (Wildman–Crippen LogP) is -2.19. The molecule has 0 aromatic rings.